The number of rotatable bonds is 5. The molecule has 0 saturated carbocycles. The highest BCUT2D eigenvalue weighted by Gasteiger charge is 2.45. The Bertz CT molecular complexity index is 755. The predicted molar refractivity (Wildman–Crippen MR) is 80.1 cm³/mol. The number of aromatic nitrogens is 1. The number of methoxy groups -OCH3 is 1. The monoisotopic (exact) mass is 314 g/mol. The van der Waals surface area contributed by atoms with Gasteiger partial charge in [0.2, 0.25) is 5.88 Å². The van der Waals surface area contributed by atoms with Crippen LogP contribution in [0.15, 0.2) is 52.9 Å². The Morgan fingerprint density at radius 3 is 2.74 bits per heavy atom. The van der Waals surface area contributed by atoms with Crippen LogP contribution in [0, 0.1) is 0 Å². The molecule has 2 N–H and O–H groups in total. The molecule has 3 rings (SSSR count). The van der Waals surface area contributed by atoms with E-state index in [2.05, 4.69) is 20.7 Å². The first-order valence-electron chi connectivity index (χ1n) is 6.81. The van der Waals surface area contributed by atoms with Gasteiger partial charge in [-0.05, 0) is 18.2 Å². The first kappa shape index (κ1) is 14.8. The van der Waals surface area contributed by atoms with E-state index in [9.17, 15) is 9.90 Å². The van der Waals surface area contributed by atoms with Gasteiger partial charge in [0, 0.05) is 17.3 Å². The highest BCUT2D eigenvalue weighted by molar-refractivity contribution is 5.80. The molecule has 0 fully saturated rings. The van der Waals surface area contributed by atoms with Gasteiger partial charge in [0.1, 0.15) is 12.3 Å². The second kappa shape index (κ2) is 5.91. The lowest BCUT2D eigenvalue weighted by atomic mass is 10.1. The number of carboxylic acids is 1. The Balaban J connectivity index is 2.03. The van der Waals surface area contributed by atoms with Gasteiger partial charge in [0.15, 0.2) is 0 Å². The summed E-state index contributed by atoms with van der Waals surface area (Å²) in [6.07, 6.45) is 1.61. The molecule has 118 valence electrons. The molecule has 23 heavy (non-hydrogen) atoms. The summed E-state index contributed by atoms with van der Waals surface area (Å²) >= 11 is 0. The SMILES string of the molecule is COc1ncccc1-c1ccccc1OC1(C(=O)O)CN=NN1. The summed E-state index contributed by atoms with van der Waals surface area (Å²) in [5, 5.41) is 16.6. The number of hydrogen-bond acceptors (Lipinski definition) is 7. The molecule has 1 aromatic carbocycles. The lowest BCUT2D eigenvalue weighted by Gasteiger charge is -2.25. The number of aliphatic carboxylic acids is 1. The molecule has 2 aromatic rings. The van der Waals surface area contributed by atoms with Crippen LogP contribution in [-0.2, 0) is 4.79 Å². The third kappa shape index (κ3) is 2.66. The van der Waals surface area contributed by atoms with E-state index in [-0.39, 0.29) is 6.54 Å². The Morgan fingerprint density at radius 2 is 2.04 bits per heavy atom. The number of benzene rings is 1. The Labute approximate surface area is 131 Å². The Kier molecular flexibility index (Phi) is 3.80. The minimum atomic E-state index is -1.72. The second-order valence-corrected chi connectivity index (χ2v) is 4.80. The van der Waals surface area contributed by atoms with Gasteiger partial charge in [0.05, 0.1) is 7.11 Å². The van der Waals surface area contributed by atoms with Gasteiger partial charge in [-0.15, -0.1) is 0 Å². The number of ether oxygens (including phenoxy) is 2. The van der Waals surface area contributed by atoms with E-state index in [1.807, 2.05) is 12.1 Å². The van der Waals surface area contributed by atoms with Crippen LogP contribution in [0.3, 0.4) is 0 Å². The average Bonchev–Trinajstić information content (AvgIpc) is 3.05. The number of para-hydroxylation sites is 1. The summed E-state index contributed by atoms with van der Waals surface area (Å²) in [5.41, 5.74) is 2.05. The molecule has 1 aliphatic heterocycles. The smallest absolute Gasteiger partial charge is 0.373 e. The summed E-state index contributed by atoms with van der Waals surface area (Å²) in [5.74, 6) is -0.418. The maximum atomic E-state index is 11.6. The van der Waals surface area contributed by atoms with E-state index in [0.717, 1.165) is 0 Å². The highest BCUT2D eigenvalue weighted by Crippen LogP contribution is 2.36. The van der Waals surface area contributed by atoms with Crippen LogP contribution in [0.1, 0.15) is 0 Å². The molecule has 8 heteroatoms. The molecule has 0 spiro atoms. The van der Waals surface area contributed by atoms with Gasteiger partial charge < -0.3 is 14.6 Å². The maximum Gasteiger partial charge on any atom is 0.373 e. The lowest BCUT2D eigenvalue weighted by molar-refractivity contribution is -0.156. The lowest BCUT2D eigenvalue weighted by Crippen LogP contribution is -2.54. The number of pyridine rings is 1. The Hall–Kier alpha value is -3.16. The molecular formula is C15H14N4O4. The summed E-state index contributed by atoms with van der Waals surface area (Å²) < 4.78 is 11.0. The normalized spacial score (nSPS) is 19.2. The number of nitrogens with one attached hydrogen (secondary N) is 1. The number of nitrogens with zero attached hydrogens (tertiary/aromatic N) is 3. The predicted octanol–water partition coefficient (Wildman–Crippen LogP) is 1.89. The topological polar surface area (TPSA) is 105 Å². The molecule has 0 aliphatic carbocycles. The highest BCUT2D eigenvalue weighted by atomic mass is 16.5. The molecule has 0 bridgehead atoms. The molecule has 1 aliphatic rings. The number of carboxylic acid groups (broad SMARTS) is 1. The molecule has 1 aromatic heterocycles. The van der Waals surface area contributed by atoms with Gasteiger partial charge in [-0.3, -0.25) is 0 Å². The van der Waals surface area contributed by atoms with Crippen LogP contribution >= 0.6 is 0 Å². The van der Waals surface area contributed by atoms with Crippen molar-refractivity contribution in [3.8, 4) is 22.8 Å². The van der Waals surface area contributed by atoms with Crippen molar-refractivity contribution in [1.82, 2.24) is 10.4 Å². The van der Waals surface area contributed by atoms with Crippen LogP contribution < -0.4 is 14.9 Å². The number of carbonyl (C=O) groups is 1. The van der Waals surface area contributed by atoms with Crippen LogP contribution in [-0.4, -0.2) is 35.4 Å². The van der Waals surface area contributed by atoms with E-state index in [0.29, 0.717) is 22.8 Å². The van der Waals surface area contributed by atoms with Crippen LogP contribution in [0.4, 0.5) is 0 Å². The van der Waals surface area contributed by atoms with E-state index < -0.39 is 11.7 Å². The molecule has 1 unspecified atom stereocenters. The van der Waals surface area contributed by atoms with E-state index in [1.165, 1.54) is 7.11 Å². The first-order chi connectivity index (χ1) is 11.2. The summed E-state index contributed by atoms with van der Waals surface area (Å²) in [6, 6.07) is 10.6. The van der Waals surface area contributed by atoms with Crippen molar-refractivity contribution >= 4 is 5.97 Å². The van der Waals surface area contributed by atoms with E-state index in [1.54, 1.807) is 30.5 Å². The van der Waals surface area contributed by atoms with Crippen molar-refractivity contribution in [1.29, 1.82) is 0 Å². The quantitative estimate of drug-likeness (QED) is 0.873. The van der Waals surface area contributed by atoms with Crippen molar-refractivity contribution in [2.75, 3.05) is 13.7 Å². The maximum absolute atomic E-state index is 11.6. The van der Waals surface area contributed by atoms with E-state index in [4.69, 9.17) is 9.47 Å². The molecule has 8 nitrogen and oxygen atoms in total. The molecule has 0 amide bonds. The van der Waals surface area contributed by atoms with Crippen molar-refractivity contribution in [3.05, 3.63) is 42.6 Å². The zero-order chi connectivity index (χ0) is 16.3. The van der Waals surface area contributed by atoms with E-state index >= 15 is 0 Å². The summed E-state index contributed by atoms with van der Waals surface area (Å²) in [4.78, 5) is 15.7. The standard InChI is InChI=1S/C15H14N4O4/c1-22-13-11(6-4-8-16-13)10-5-2-3-7-12(10)23-15(14(20)21)9-17-19-18-15/h2-8H,9H2,1H3,(H,17,18)(H,20,21). The van der Waals surface area contributed by atoms with Crippen molar-refractivity contribution in [2.24, 2.45) is 10.3 Å². The molecular weight excluding hydrogens is 300 g/mol. The third-order valence-electron chi connectivity index (χ3n) is 3.37. The van der Waals surface area contributed by atoms with Crippen molar-refractivity contribution in [2.45, 2.75) is 5.72 Å². The first-order valence-corrected chi connectivity index (χ1v) is 6.81. The van der Waals surface area contributed by atoms with Crippen LogP contribution in [0.5, 0.6) is 11.6 Å². The average molecular weight is 314 g/mol. The zero-order valence-corrected chi connectivity index (χ0v) is 12.3. The molecule has 1 atom stereocenters. The third-order valence-corrected chi connectivity index (χ3v) is 3.37. The Morgan fingerprint density at radius 1 is 1.26 bits per heavy atom. The van der Waals surface area contributed by atoms with Gasteiger partial charge in [-0.25, -0.2) is 15.2 Å². The van der Waals surface area contributed by atoms with Crippen molar-refractivity contribution in [3.63, 3.8) is 0 Å². The number of hydrogen-bond donors (Lipinski definition) is 2. The molecule has 0 saturated heterocycles. The van der Waals surface area contributed by atoms with Crippen molar-refractivity contribution < 1.29 is 19.4 Å². The summed E-state index contributed by atoms with van der Waals surface area (Å²) in [6.45, 7) is -0.124. The van der Waals surface area contributed by atoms with Gasteiger partial charge >= 0.3 is 11.7 Å². The minimum absolute atomic E-state index is 0.124. The fourth-order valence-corrected chi connectivity index (χ4v) is 2.22. The molecule has 2 heterocycles. The molecule has 0 radical (unpaired) electrons. The van der Waals surface area contributed by atoms with Gasteiger partial charge in [0.25, 0.3) is 0 Å². The van der Waals surface area contributed by atoms with Crippen LogP contribution in [0.25, 0.3) is 11.1 Å². The summed E-state index contributed by atoms with van der Waals surface area (Å²) in [7, 11) is 1.52. The fraction of sp³-hybridized carbons (Fsp3) is 0.200. The van der Waals surface area contributed by atoms with Gasteiger partial charge in [-0.1, -0.05) is 23.4 Å². The largest absolute Gasteiger partial charge is 0.481 e. The van der Waals surface area contributed by atoms with Gasteiger partial charge in [-0.2, -0.15) is 5.11 Å². The van der Waals surface area contributed by atoms with Crippen LogP contribution in [0.2, 0.25) is 0 Å². The fourth-order valence-electron chi connectivity index (χ4n) is 2.22. The zero-order valence-electron chi connectivity index (χ0n) is 12.3. The minimum Gasteiger partial charge on any atom is -0.481 e. The second-order valence-electron chi connectivity index (χ2n) is 4.80.